The first-order valence-electron chi connectivity index (χ1n) is 33.6. The fraction of sp³-hybridized carbons (Fsp3) is 0.435. The molecule has 0 aliphatic carbocycles. The van der Waals surface area contributed by atoms with E-state index >= 15 is 0 Å². The van der Waals surface area contributed by atoms with E-state index in [-0.39, 0.29) is 54.3 Å². The minimum Gasteiger partial charge on any atom is -0.744 e. The highest BCUT2D eigenvalue weighted by Gasteiger charge is 2.45. The summed E-state index contributed by atoms with van der Waals surface area (Å²) in [7, 11) is -9.27. The molecule has 0 unspecified atom stereocenters. The lowest BCUT2D eigenvalue weighted by Crippen LogP contribution is -2.61. The largest absolute Gasteiger partial charge is 0.744 e. The van der Waals surface area contributed by atoms with Crippen LogP contribution >= 0.6 is 0 Å². The molecule has 3 aliphatic heterocycles. The van der Waals surface area contributed by atoms with Gasteiger partial charge in [-0.15, -0.1) is 0 Å². The number of allylic oxidation sites excluding steroid dienone is 6. The van der Waals surface area contributed by atoms with Crippen molar-refractivity contribution >= 4 is 119 Å². The summed E-state index contributed by atoms with van der Waals surface area (Å²) in [6, 6.07) is 4.72. The molecule has 0 spiro atoms. The van der Waals surface area contributed by atoms with Crippen molar-refractivity contribution in [3.05, 3.63) is 120 Å². The highest BCUT2D eigenvalue weighted by molar-refractivity contribution is 7.86. The van der Waals surface area contributed by atoms with Gasteiger partial charge >= 0.3 is 5.97 Å². The molecule has 0 bridgehead atoms. The van der Waals surface area contributed by atoms with E-state index in [0.29, 0.717) is 60.1 Å². The number of aromatic amines is 1. The third-order valence-corrected chi connectivity index (χ3v) is 19.7. The number of primary amides is 3. The Bertz CT molecular complexity index is 4390. The van der Waals surface area contributed by atoms with Gasteiger partial charge in [0.15, 0.2) is 5.71 Å². The number of unbranched alkanes of at least 4 members (excludes halogenated alkanes) is 3. The number of carboxylic acids is 1. The number of rotatable bonds is 27. The van der Waals surface area contributed by atoms with Crippen LogP contribution in [0.4, 0.5) is 11.4 Å². The van der Waals surface area contributed by atoms with Gasteiger partial charge in [0.25, 0.3) is 10.1 Å². The average Bonchev–Trinajstić information content (AvgIpc) is 1.59. The number of hydrogen-bond donors (Lipinski definition) is 14. The van der Waals surface area contributed by atoms with E-state index in [1.807, 2.05) is 69.6 Å². The predicted octanol–water partition coefficient (Wildman–Crippen LogP) is 0.128. The maximum atomic E-state index is 14.4. The second kappa shape index (κ2) is 35.0. The normalized spacial score (nSPS) is 21.2. The Morgan fingerprint density at radius 1 is 0.654 bits per heavy atom. The maximum absolute atomic E-state index is 14.4. The van der Waals surface area contributed by atoms with Crippen molar-refractivity contribution in [3.63, 3.8) is 0 Å². The molecule has 0 saturated carbocycles. The average molecular weight is 1480 g/mol. The van der Waals surface area contributed by atoms with Crippen molar-refractivity contribution in [2.24, 2.45) is 17.2 Å². The van der Waals surface area contributed by atoms with Gasteiger partial charge in [-0.05, 0) is 106 Å². The van der Waals surface area contributed by atoms with Crippen LogP contribution in [0.3, 0.4) is 0 Å². The minimum absolute atomic E-state index is 0.0186. The topological polar surface area (TPSA) is 533 Å². The van der Waals surface area contributed by atoms with Crippen LogP contribution in [0, 0.1) is 0 Å². The van der Waals surface area contributed by atoms with E-state index in [1.165, 1.54) is 24.3 Å². The molecule has 3 aromatic carbocycles. The lowest BCUT2D eigenvalue weighted by atomic mass is 9.81. The highest BCUT2D eigenvalue weighted by Crippen LogP contribution is 2.48. The standard InChI is InChI=1S/C69H88N14O19S2/c1-6-82-52-25-23-40(103(97,98)99)32-43(52)68(2,3)54(82)20-9-7-10-21-55-69(4,5)44-33-41(104(100,101)102)24-26-53(44)83(55)30-16-8-11-22-59(87)73-28-15-14-19-46-63(92)79-49(35-57(71)85)66(95)80-50(36-58(72)86)65(94)78-48(34-56(70)84)62(91)74-29-27-60(88)76-47(31-39-38-75-45-18-13-12-17-42(39)45)64(93)81-51(37-61(89)90)67(96)77-46/h7,9-10,12-13,17-18,20-21,23-26,32-33,38,46-51,75H,6,8,11,14-16,19,22,27-31,34-37H2,1-5H3,(H16-,70,71,72,73,74,76,77,78,79,80,81,84,85,86,87,88,89,90,91,92,93,94,95,96,97,98,99,100,101,102)/t46-,47-,48-,49-,50-,51-/m0/s1. The molecule has 33 nitrogen and oxygen atoms in total. The second-order valence-electron chi connectivity index (χ2n) is 26.4. The zero-order valence-electron chi connectivity index (χ0n) is 58.0. The molecule has 4 heterocycles. The van der Waals surface area contributed by atoms with Gasteiger partial charge in [0.05, 0.1) is 40.9 Å². The molecular formula is C69H88N14O19S2. The molecular weight excluding hydrogens is 1390 g/mol. The molecule has 1 fully saturated rings. The molecule has 4 aromatic rings. The van der Waals surface area contributed by atoms with E-state index < -0.39 is 171 Å². The summed E-state index contributed by atoms with van der Waals surface area (Å²) in [5, 5.41) is 29.8. The van der Waals surface area contributed by atoms with Crippen LogP contribution in [0.25, 0.3) is 10.9 Å². The number of para-hydroxylation sites is 1. The molecule has 104 heavy (non-hydrogen) atoms. The van der Waals surface area contributed by atoms with Crippen LogP contribution in [-0.4, -0.2) is 180 Å². The fourth-order valence-corrected chi connectivity index (χ4v) is 13.8. The molecule has 3 aliphatic rings. The third-order valence-electron chi connectivity index (χ3n) is 18.0. The van der Waals surface area contributed by atoms with Crippen molar-refractivity contribution in [2.45, 2.75) is 175 Å². The van der Waals surface area contributed by atoms with Crippen molar-refractivity contribution in [3.8, 4) is 0 Å². The molecule has 1 aromatic heterocycles. The molecule has 35 heteroatoms. The fourth-order valence-electron chi connectivity index (χ4n) is 12.8. The summed E-state index contributed by atoms with van der Waals surface area (Å²) >= 11 is 0. The first kappa shape index (κ1) is 80.7. The monoisotopic (exact) mass is 1480 g/mol. The summed E-state index contributed by atoms with van der Waals surface area (Å²) in [5.41, 5.74) is 20.5. The number of carboxylic acid groups (broad SMARTS) is 1. The molecule has 17 N–H and O–H groups in total. The Balaban J connectivity index is 1.05. The van der Waals surface area contributed by atoms with Gasteiger partial charge in [0, 0.05) is 96.9 Å². The van der Waals surface area contributed by atoms with Crippen LogP contribution in [0.5, 0.6) is 0 Å². The SMILES string of the molecule is CCN1/C(=C/C=C/C=C/C2=[N+](CCCCCC(=O)NCCCC[C@@H]3NC(=O)[C@H](CC(=O)O)NC(=O)[C@H](Cc4c[nH]c5ccccc45)NC(=O)CCNC(=O)[C@H](CC(N)=O)NC(=O)[C@H](CC(N)=O)NC(=O)[C@H](CC(N)=O)NC3=O)c3ccc(S(=O)(=O)[O-])cc3C2(C)C)C(C)(C)c2cc(S(=O)(=O)O)ccc21. The number of carbonyl (C=O) groups excluding carboxylic acids is 11. The summed E-state index contributed by atoms with van der Waals surface area (Å²) < 4.78 is 72.6. The van der Waals surface area contributed by atoms with Crippen molar-refractivity contribution in [1.29, 1.82) is 0 Å². The number of anilines is 1. The highest BCUT2D eigenvalue weighted by atomic mass is 32.2. The second-order valence-corrected chi connectivity index (χ2v) is 29.2. The van der Waals surface area contributed by atoms with E-state index in [4.69, 9.17) is 17.2 Å². The van der Waals surface area contributed by atoms with Gasteiger partial charge in [-0.25, -0.2) is 8.42 Å². The molecule has 0 radical (unpaired) electrons. The molecule has 1 saturated heterocycles. The summed E-state index contributed by atoms with van der Waals surface area (Å²) in [6.07, 6.45) is 7.63. The molecule has 11 amide bonds. The van der Waals surface area contributed by atoms with E-state index in [0.717, 1.165) is 22.7 Å². The Morgan fingerprint density at radius 3 is 1.82 bits per heavy atom. The minimum atomic E-state index is -4.82. The van der Waals surface area contributed by atoms with Crippen LogP contribution in [0.1, 0.15) is 128 Å². The summed E-state index contributed by atoms with van der Waals surface area (Å²) in [5.74, 6) is -13.4. The van der Waals surface area contributed by atoms with Crippen molar-refractivity contribution in [1.82, 2.24) is 47.5 Å². The predicted molar refractivity (Wildman–Crippen MR) is 376 cm³/mol. The van der Waals surface area contributed by atoms with Crippen LogP contribution in [0.15, 0.2) is 113 Å². The Hall–Kier alpha value is -10.7. The number of aliphatic carboxylic acids is 1. The Morgan fingerprint density at radius 2 is 1.22 bits per heavy atom. The molecule has 7 rings (SSSR count). The van der Waals surface area contributed by atoms with Crippen LogP contribution in [-0.2, 0) is 95.0 Å². The molecule has 560 valence electrons. The van der Waals surface area contributed by atoms with Gasteiger partial charge in [0.2, 0.25) is 70.7 Å². The molecule has 6 atom stereocenters. The van der Waals surface area contributed by atoms with Gasteiger partial charge in [-0.3, -0.25) is 62.1 Å². The number of H-pyrrole nitrogens is 1. The van der Waals surface area contributed by atoms with E-state index in [2.05, 4.69) is 52.4 Å². The third kappa shape index (κ3) is 21.2. The number of nitrogens with zero attached hydrogens (tertiary/aromatic N) is 2. The Kier molecular flexibility index (Phi) is 27.2. The number of likely N-dealkylation sites (N-methyl/N-ethyl adjacent to an activating group) is 1. The number of aromatic nitrogens is 1. The number of fused-ring (bicyclic) bond motifs is 3. The lowest BCUT2D eigenvalue weighted by Gasteiger charge is -2.27. The van der Waals surface area contributed by atoms with Gasteiger partial charge in [-0.2, -0.15) is 13.0 Å². The number of amides is 11. The summed E-state index contributed by atoms with van der Waals surface area (Å²) in [4.78, 5) is 165. The van der Waals surface area contributed by atoms with Gasteiger partial charge < -0.3 is 79.3 Å². The smallest absolute Gasteiger partial charge is 0.305 e. The first-order chi connectivity index (χ1) is 48.9. The van der Waals surface area contributed by atoms with Crippen molar-refractivity contribution in [2.75, 3.05) is 31.1 Å². The van der Waals surface area contributed by atoms with Crippen LogP contribution < -0.4 is 64.6 Å². The van der Waals surface area contributed by atoms with E-state index in [1.54, 1.807) is 42.6 Å². The number of benzene rings is 3. The van der Waals surface area contributed by atoms with Gasteiger partial charge in [0.1, 0.15) is 52.9 Å². The van der Waals surface area contributed by atoms with Crippen molar-refractivity contribution < 1.29 is 93.2 Å². The number of carbonyl (C=O) groups is 12. The Labute approximate surface area is 600 Å². The first-order valence-corrected chi connectivity index (χ1v) is 36.4. The zero-order chi connectivity index (χ0) is 76.6. The van der Waals surface area contributed by atoms with Crippen LogP contribution in [0.2, 0.25) is 0 Å². The quantitative estimate of drug-likeness (QED) is 0.0163. The number of hydrogen-bond acceptors (Lipinski definition) is 18. The zero-order valence-corrected chi connectivity index (χ0v) is 59.6. The lowest BCUT2D eigenvalue weighted by molar-refractivity contribution is -0.438. The summed E-state index contributed by atoms with van der Waals surface area (Å²) in [6.45, 7) is 10.2. The number of nitrogens with two attached hydrogens (primary N) is 3. The van der Waals surface area contributed by atoms with Gasteiger partial charge in [-0.1, -0.05) is 50.3 Å². The maximum Gasteiger partial charge on any atom is 0.305 e. The van der Waals surface area contributed by atoms with E-state index in [9.17, 15) is 88.6 Å². The number of nitrogens with one attached hydrogen (secondary N) is 9.